The number of carbonyl (C=O) groups is 1. The molecule has 2 nitrogen and oxygen atoms in total. The normalized spacial score (nSPS) is 12.6. The number of hydrogen-bond donors (Lipinski definition) is 0. The molecule has 0 atom stereocenters. The van der Waals surface area contributed by atoms with Crippen molar-refractivity contribution in [2.45, 2.75) is 19.8 Å². The zero-order chi connectivity index (χ0) is 83.2. The van der Waals surface area contributed by atoms with Gasteiger partial charge in [-0.05, 0) is 323 Å². The van der Waals surface area contributed by atoms with E-state index in [1.54, 1.807) is 0 Å². The van der Waals surface area contributed by atoms with Crippen LogP contribution in [0.15, 0.2) is 406 Å². The molecule has 27 rings (SSSR count). The van der Waals surface area contributed by atoms with E-state index >= 15 is 0 Å². The van der Waals surface area contributed by atoms with Crippen molar-refractivity contribution in [3.05, 3.63) is 418 Å². The van der Waals surface area contributed by atoms with Crippen LogP contribution in [0.4, 0.5) is 0 Å². The van der Waals surface area contributed by atoms with Gasteiger partial charge in [-0.25, -0.2) is 0 Å². The number of ether oxygens (including phenoxy) is 1. The number of fused-ring (bicyclic) bond motifs is 18. The van der Waals surface area contributed by atoms with E-state index in [4.69, 9.17) is 4.74 Å². The summed E-state index contributed by atoms with van der Waals surface area (Å²) in [5.74, 6) is 0. The first-order chi connectivity index (χ1) is 62.5. The maximum absolute atomic E-state index is 13.0. The molecule has 0 amide bonds. The van der Waals surface area contributed by atoms with Crippen molar-refractivity contribution in [2.24, 2.45) is 0 Å². The first-order valence-corrected chi connectivity index (χ1v) is 44.2. The van der Waals surface area contributed by atoms with Gasteiger partial charge in [-0.1, -0.05) is 376 Å². The van der Waals surface area contributed by atoms with Crippen molar-refractivity contribution < 1.29 is 9.53 Å². The number of rotatable bonds is 10. The zero-order valence-corrected chi connectivity index (χ0v) is 69.5. The number of carbonyl (C=O) groups excluding carboxylic acids is 1. The van der Waals surface area contributed by atoms with Gasteiger partial charge in [0, 0.05) is 18.8 Å². The van der Waals surface area contributed by atoms with E-state index in [1.165, 1.54) is 252 Å². The minimum atomic E-state index is 0.683. The van der Waals surface area contributed by atoms with Gasteiger partial charge in [0.15, 0.2) is 6.29 Å². The van der Waals surface area contributed by atoms with Crippen LogP contribution >= 0.6 is 0 Å². The molecule has 0 N–H and O–H groups in total. The summed E-state index contributed by atoms with van der Waals surface area (Å²) in [6.07, 6.45) is 8.01. The highest BCUT2D eigenvalue weighted by atomic mass is 16.5. The van der Waals surface area contributed by atoms with E-state index in [2.05, 4.69) is 419 Å². The first kappa shape index (κ1) is 73.0. The second-order valence-corrected chi connectivity index (χ2v) is 34.1. The Morgan fingerprint density at radius 2 is 0.500 bits per heavy atom. The highest BCUT2D eigenvalue weighted by Crippen LogP contribution is 2.59. The highest BCUT2D eigenvalue weighted by Gasteiger charge is 2.31. The van der Waals surface area contributed by atoms with Crippen molar-refractivity contribution in [3.8, 4) is 89.0 Å². The van der Waals surface area contributed by atoms with E-state index in [-0.39, 0.29) is 0 Å². The van der Waals surface area contributed by atoms with Crippen LogP contribution in [0.25, 0.3) is 267 Å². The van der Waals surface area contributed by atoms with E-state index < -0.39 is 0 Å². The molecule has 126 heavy (non-hydrogen) atoms. The fourth-order valence-electron chi connectivity index (χ4n) is 22.1. The lowest BCUT2D eigenvalue weighted by Gasteiger charge is -2.19. The minimum absolute atomic E-state index is 0.683. The van der Waals surface area contributed by atoms with Crippen LogP contribution in [0.3, 0.4) is 0 Å². The quantitative estimate of drug-likeness (QED) is 0.101. The van der Waals surface area contributed by atoms with E-state index in [0.29, 0.717) is 5.56 Å². The van der Waals surface area contributed by atoms with E-state index in [0.717, 1.165) is 47.1 Å². The predicted octanol–water partition coefficient (Wildman–Crippen LogP) is 34.6. The maximum atomic E-state index is 13.0. The molecular formula is C124H80O2. The SMILES string of the molecule is C1CCOC1.CC=Cc1cc(-c2ccc3ccccc3c2)ccc1-c1ccc2c3c(-c4ccccc4)c4c(cc5c6ccccc6c6cccc4c65)c(-c4ccccc4)c3c3cccc1c32.O=Cc1cc(-c2ccc3ccccc3c2)ccc1-c1ccc2c3c(-c4ccccc4)c4c(cc5c6ccccc6c6cccc4c65)c(-c4ccccc4)c3c3cccc1c32. The third-order valence-corrected chi connectivity index (χ3v) is 27.4. The Balaban J connectivity index is 0.000000130. The molecule has 0 spiro atoms. The van der Waals surface area contributed by atoms with Gasteiger partial charge in [-0.15, -0.1) is 0 Å². The summed E-state index contributed by atoms with van der Waals surface area (Å²) >= 11 is 0. The Labute approximate surface area is 728 Å². The minimum Gasteiger partial charge on any atom is -0.381 e. The van der Waals surface area contributed by atoms with Crippen LogP contribution in [0, 0.1) is 0 Å². The Morgan fingerprint density at radius 1 is 0.198 bits per heavy atom. The van der Waals surface area contributed by atoms with Gasteiger partial charge in [0.05, 0.1) is 0 Å². The van der Waals surface area contributed by atoms with Gasteiger partial charge in [0.2, 0.25) is 0 Å². The molecule has 0 radical (unpaired) electrons. The van der Waals surface area contributed by atoms with Gasteiger partial charge < -0.3 is 4.74 Å². The molecule has 26 aromatic carbocycles. The first-order valence-electron chi connectivity index (χ1n) is 44.2. The van der Waals surface area contributed by atoms with E-state index in [1.807, 2.05) is 0 Å². The summed E-state index contributed by atoms with van der Waals surface area (Å²) in [6, 6.07) is 148. The average Bonchev–Trinajstić information content (AvgIpc) is 1.51. The van der Waals surface area contributed by atoms with Crippen LogP contribution in [0.1, 0.15) is 35.7 Å². The lowest BCUT2D eigenvalue weighted by Crippen LogP contribution is -1.91. The summed E-state index contributed by atoms with van der Waals surface area (Å²) in [7, 11) is 0. The van der Waals surface area contributed by atoms with Crippen LogP contribution in [0.2, 0.25) is 0 Å². The molecule has 1 saturated heterocycles. The van der Waals surface area contributed by atoms with Gasteiger partial charge >= 0.3 is 0 Å². The number of benzene rings is 22. The molecule has 588 valence electrons. The predicted molar refractivity (Wildman–Crippen MR) is 541 cm³/mol. The molecule has 0 saturated carbocycles. The summed E-state index contributed by atoms with van der Waals surface area (Å²) in [6.45, 7) is 4.12. The molecule has 0 unspecified atom stereocenters. The van der Waals surface area contributed by atoms with Gasteiger partial charge in [-0.3, -0.25) is 4.79 Å². The molecule has 0 aromatic heterocycles. The molecule has 1 aliphatic heterocycles. The molecular weight excluding hydrogens is 1520 g/mol. The van der Waals surface area contributed by atoms with Gasteiger partial charge in [-0.2, -0.15) is 0 Å². The average molecular weight is 1600 g/mol. The summed E-state index contributed by atoms with van der Waals surface area (Å²) < 4.78 is 4.94. The molecule has 0 aliphatic carbocycles. The number of allylic oxidation sites excluding steroid dienone is 1. The Kier molecular flexibility index (Phi) is 17.1. The maximum Gasteiger partial charge on any atom is 0.150 e. The zero-order valence-electron chi connectivity index (χ0n) is 69.5. The standard InChI is InChI=1S/C61H38.C59H34O.C4H8O/c1-2-15-43-35-42(41-29-28-37-16-9-10-21-40(37)34-41)30-31-44(43)47-32-33-52-57-49(47)25-14-27-51(57)60-55(38-17-5-3-6-18-38)54-36-53-46-23-12-11-22-45(46)48-24-13-26-50(58(48)53)59(54)56(61(52)60)39-19-7-4-8-20-39;60-34-41-32-40(39-26-25-35-13-7-8-18-38(35)31-39)27-28-42(41)45-29-30-50-55-47(45)22-12-24-49(55)58-53(36-14-3-1-4-15-36)52-33-51-44-20-10-9-19-43(44)46-21-11-23-48(56(46)51)57(52)54(59(50)58)37-16-5-2-6-17-37;1-2-4-5-3-1/h2-36H,1H3;1-34H;1-4H2. The van der Waals surface area contributed by atoms with Crippen LogP contribution < -0.4 is 0 Å². The Hall–Kier alpha value is -15.7. The van der Waals surface area contributed by atoms with Crippen LogP contribution in [-0.2, 0) is 4.74 Å². The van der Waals surface area contributed by atoms with Crippen molar-refractivity contribution >= 4 is 185 Å². The number of aldehydes is 1. The third kappa shape index (κ3) is 11.3. The second kappa shape index (κ2) is 29.5. The molecule has 1 aliphatic rings. The van der Waals surface area contributed by atoms with E-state index in [9.17, 15) is 4.79 Å². The Morgan fingerprint density at radius 3 is 0.905 bits per heavy atom. The van der Waals surface area contributed by atoms with Crippen LogP contribution in [-0.4, -0.2) is 19.5 Å². The lowest BCUT2D eigenvalue weighted by atomic mass is 9.84. The van der Waals surface area contributed by atoms with Crippen molar-refractivity contribution in [1.82, 2.24) is 0 Å². The molecule has 0 bridgehead atoms. The third-order valence-electron chi connectivity index (χ3n) is 27.4. The fourth-order valence-corrected chi connectivity index (χ4v) is 22.1. The van der Waals surface area contributed by atoms with Crippen molar-refractivity contribution in [3.63, 3.8) is 0 Å². The fraction of sp³-hybridized carbons (Fsp3) is 0.0403. The number of hydrogen-bond acceptors (Lipinski definition) is 2. The molecule has 26 aromatic rings. The largest absolute Gasteiger partial charge is 0.381 e. The van der Waals surface area contributed by atoms with Gasteiger partial charge in [0.25, 0.3) is 0 Å². The van der Waals surface area contributed by atoms with Crippen molar-refractivity contribution in [2.75, 3.05) is 13.2 Å². The topological polar surface area (TPSA) is 26.3 Å². The summed E-state index contributed by atoms with van der Waals surface area (Å²) in [5.41, 5.74) is 21.0. The van der Waals surface area contributed by atoms with Crippen molar-refractivity contribution in [1.29, 1.82) is 0 Å². The monoisotopic (exact) mass is 1600 g/mol. The smallest absolute Gasteiger partial charge is 0.150 e. The molecule has 1 fully saturated rings. The second-order valence-electron chi connectivity index (χ2n) is 34.1. The molecule has 2 heteroatoms. The van der Waals surface area contributed by atoms with Gasteiger partial charge in [0.1, 0.15) is 0 Å². The lowest BCUT2D eigenvalue weighted by molar-refractivity contribution is 0.112. The summed E-state index contributed by atoms with van der Waals surface area (Å²) in [5, 5.41) is 41.0. The molecule has 1 heterocycles. The highest BCUT2D eigenvalue weighted by molar-refractivity contribution is 6.48. The summed E-state index contributed by atoms with van der Waals surface area (Å²) in [4.78, 5) is 13.0. The Bertz CT molecular complexity index is 8920. The van der Waals surface area contributed by atoms with Crippen LogP contribution in [0.5, 0.6) is 0 Å².